The molecule has 0 saturated heterocycles. The van der Waals surface area contributed by atoms with Crippen molar-refractivity contribution in [1.29, 1.82) is 0 Å². The Balaban J connectivity index is 2.96. The molecule has 0 fully saturated rings. The van der Waals surface area contributed by atoms with Crippen LogP contribution in [0.1, 0.15) is 28.2 Å². The van der Waals surface area contributed by atoms with E-state index in [9.17, 15) is 9.59 Å². The molecule has 0 saturated carbocycles. The van der Waals surface area contributed by atoms with Crippen LogP contribution in [0.2, 0.25) is 0 Å². The van der Waals surface area contributed by atoms with E-state index in [0.717, 1.165) is 0 Å². The third-order valence-corrected chi connectivity index (χ3v) is 2.13. The normalized spacial score (nSPS) is 10.3. The molecule has 6 nitrogen and oxygen atoms in total. The quantitative estimate of drug-likeness (QED) is 0.765. The van der Waals surface area contributed by atoms with Gasteiger partial charge in [0, 0.05) is 0 Å². The lowest BCUT2D eigenvalue weighted by Crippen LogP contribution is -2.08. The zero-order valence-corrected chi connectivity index (χ0v) is 8.52. The van der Waals surface area contributed by atoms with Gasteiger partial charge in [-0.15, -0.1) is 0 Å². The van der Waals surface area contributed by atoms with Crippen LogP contribution in [0.4, 0.5) is 0 Å². The third kappa shape index (κ3) is 2.34. The number of rotatable bonds is 4. The van der Waals surface area contributed by atoms with Gasteiger partial charge in [0.2, 0.25) is 0 Å². The van der Waals surface area contributed by atoms with Gasteiger partial charge in [-0.3, -0.25) is 9.48 Å². The number of aromatic carboxylic acids is 1. The summed E-state index contributed by atoms with van der Waals surface area (Å²) >= 11 is 0. The monoisotopic (exact) mass is 212 g/mol. The van der Waals surface area contributed by atoms with Gasteiger partial charge in [0.1, 0.15) is 5.56 Å². The Morgan fingerprint density at radius 3 is 2.33 bits per heavy atom. The SMILES string of the molecule is Cc1nn(CCC(=O)O)c(C)c1C(=O)O. The van der Waals surface area contributed by atoms with Crippen LogP contribution >= 0.6 is 0 Å². The van der Waals surface area contributed by atoms with Crippen molar-refractivity contribution >= 4 is 11.9 Å². The van der Waals surface area contributed by atoms with Gasteiger partial charge in [-0.05, 0) is 13.8 Å². The number of carboxylic acid groups (broad SMARTS) is 2. The van der Waals surface area contributed by atoms with Crippen molar-refractivity contribution in [3.8, 4) is 0 Å². The molecule has 1 aromatic rings. The van der Waals surface area contributed by atoms with E-state index in [1.807, 2.05) is 0 Å². The highest BCUT2D eigenvalue weighted by molar-refractivity contribution is 5.90. The van der Waals surface area contributed by atoms with Crippen molar-refractivity contribution < 1.29 is 19.8 Å². The molecule has 0 bridgehead atoms. The maximum Gasteiger partial charge on any atom is 0.339 e. The standard InChI is InChI=1S/C9H12N2O4/c1-5-8(9(14)15)6(2)11(10-5)4-3-7(12)13/h3-4H2,1-2H3,(H,12,13)(H,14,15). The maximum absolute atomic E-state index is 10.8. The zero-order chi connectivity index (χ0) is 11.6. The highest BCUT2D eigenvalue weighted by Crippen LogP contribution is 2.13. The first kappa shape index (κ1) is 11.2. The lowest BCUT2D eigenvalue weighted by atomic mass is 10.2. The second-order valence-corrected chi connectivity index (χ2v) is 3.22. The number of aromatic nitrogens is 2. The van der Waals surface area contributed by atoms with E-state index in [4.69, 9.17) is 10.2 Å². The van der Waals surface area contributed by atoms with Crippen LogP contribution in [-0.4, -0.2) is 31.9 Å². The van der Waals surface area contributed by atoms with Gasteiger partial charge in [-0.25, -0.2) is 4.79 Å². The molecule has 0 aliphatic carbocycles. The Morgan fingerprint density at radius 1 is 1.33 bits per heavy atom. The fourth-order valence-electron chi connectivity index (χ4n) is 1.43. The van der Waals surface area contributed by atoms with E-state index in [1.165, 1.54) is 4.68 Å². The first-order chi connectivity index (χ1) is 6.93. The molecule has 1 heterocycles. The molecule has 0 aromatic carbocycles. The fraction of sp³-hybridized carbons (Fsp3) is 0.444. The van der Waals surface area contributed by atoms with E-state index >= 15 is 0 Å². The van der Waals surface area contributed by atoms with Gasteiger partial charge in [0.25, 0.3) is 0 Å². The summed E-state index contributed by atoms with van der Waals surface area (Å²) in [5, 5.41) is 21.3. The molecular weight excluding hydrogens is 200 g/mol. The number of hydrogen-bond donors (Lipinski definition) is 2. The molecule has 0 aliphatic rings. The van der Waals surface area contributed by atoms with Crippen molar-refractivity contribution in [3.05, 3.63) is 17.0 Å². The minimum Gasteiger partial charge on any atom is -0.481 e. The van der Waals surface area contributed by atoms with E-state index in [1.54, 1.807) is 13.8 Å². The summed E-state index contributed by atoms with van der Waals surface area (Å²) in [5.74, 6) is -1.97. The number of aryl methyl sites for hydroxylation is 2. The number of carboxylic acids is 2. The second-order valence-electron chi connectivity index (χ2n) is 3.22. The van der Waals surface area contributed by atoms with E-state index in [0.29, 0.717) is 11.4 Å². The van der Waals surface area contributed by atoms with Crippen LogP contribution in [0, 0.1) is 13.8 Å². The Kier molecular flexibility index (Phi) is 3.08. The van der Waals surface area contributed by atoms with Crippen molar-refractivity contribution in [2.24, 2.45) is 0 Å². The van der Waals surface area contributed by atoms with Crippen LogP contribution in [-0.2, 0) is 11.3 Å². The Bertz CT molecular complexity index is 408. The number of hydrogen-bond acceptors (Lipinski definition) is 3. The van der Waals surface area contributed by atoms with Gasteiger partial charge in [0.15, 0.2) is 0 Å². The lowest BCUT2D eigenvalue weighted by Gasteiger charge is -2.01. The topological polar surface area (TPSA) is 92.4 Å². The molecule has 0 radical (unpaired) electrons. The van der Waals surface area contributed by atoms with E-state index in [-0.39, 0.29) is 18.5 Å². The molecule has 0 spiro atoms. The third-order valence-electron chi connectivity index (χ3n) is 2.13. The smallest absolute Gasteiger partial charge is 0.339 e. The zero-order valence-electron chi connectivity index (χ0n) is 8.52. The number of nitrogens with zero attached hydrogens (tertiary/aromatic N) is 2. The van der Waals surface area contributed by atoms with Gasteiger partial charge in [0.05, 0.1) is 24.4 Å². The first-order valence-corrected chi connectivity index (χ1v) is 4.42. The predicted octanol–water partition coefficient (Wildman–Crippen LogP) is 0.673. The van der Waals surface area contributed by atoms with Crippen LogP contribution in [0.3, 0.4) is 0 Å². The van der Waals surface area contributed by atoms with Gasteiger partial charge < -0.3 is 10.2 Å². The number of carbonyl (C=O) groups is 2. The summed E-state index contributed by atoms with van der Waals surface area (Å²) in [5.41, 5.74) is 1.05. The fourth-order valence-corrected chi connectivity index (χ4v) is 1.43. The average molecular weight is 212 g/mol. The highest BCUT2D eigenvalue weighted by Gasteiger charge is 2.17. The lowest BCUT2D eigenvalue weighted by molar-refractivity contribution is -0.137. The molecule has 15 heavy (non-hydrogen) atoms. The van der Waals surface area contributed by atoms with Gasteiger partial charge >= 0.3 is 11.9 Å². The van der Waals surface area contributed by atoms with Gasteiger partial charge in [-0.1, -0.05) is 0 Å². The molecule has 1 aromatic heterocycles. The van der Waals surface area contributed by atoms with Crippen molar-refractivity contribution in [2.75, 3.05) is 0 Å². The molecule has 6 heteroatoms. The molecule has 0 atom stereocenters. The average Bonchev–Trinajstić information content (AvgIpc) is 2.37. The highest BCUT2D eigenvalue weighted by atomic mass is 16.4. The summed E-state index contributed by atoms with van der Waals surface area (Å²) in [4.78, 5) is 21.2. The largest absolute Gasteiger partial charge is 0.481 e. The van der Waals surface area contributed by atoms with Crippen LogP contribution in [0.15, 0.2) is 0 Å². The molecular formula is C9H12N2O4. The molecule has 2 N–H and O–H groups in total. The van der Waals surface area contributed by atoms with E-state index in [2.05, 4.69) is 5.10 Å². The molecule has 82 valence electrons. The Morgan fingerprint density at radius 2 is 1.93 bits per heavy atom. The minimum atomic E-state index is -1.04. The molecule has 1 rings (SSSR count). The summed E-state index contributed by atoms with van der Waals surface area (Å²) in [7, 11) is 0. The van der Waals surface area contributed by atoms with Crippen molar-refractivity contribution in [1.82, 2.24) is 9.78 Å². The second kappa shape index (κ2) is 4.12. The van der Waals surface area contributed by atoms with Crippen molar-refractivity contribution in [3.63, 3.8) is 0 Å². The van der Waals surface area contributed by atoms with Crippen molar-refractivity contribution in [2.45, 2.75) is 26.8 Å². The first-order valence-electron chi connectivity index (χ1n) is 4.42. The minimum absolute atomic E-state index is 0.0684. The Labute approximate surface area is 86.1 Å². The molecule has 0 amide bonds. The summed E-state index contributed by atoms with van der Waals surface area (Å²) in [6.07, 6.45) is -0.0684. The maximum atomic E-state index is 10.8. The molecule has 0 unspecified atom stereocenters. The van der Waals surface area contributed by atoms with Crippen LogP contribution in [0.25, 0.3) is 0 Å². The summed E-state index contributed by atoms with van der Waals surface area (Å²) < 4.78 is 1.41. The van der Waals surface area contributed by atoms with Crippen LogP contribution in [0.5, 0.6) is 0 Å². The number of aliphatic carboxylic acids is 1. The van der Waals surface area contributed by atoms with Crippen LogP contribution < -0.4 is 0 Å². The van der Waals surface area contributed by atoms with E-state index < -0.39 is 11.9 Å². The molecule has 0 aliphatic heterocycles. The summed E-state index contributed by atoms with van der Waals surface area (Å²) in [6.45, 7) is 3.40. The predicted molar refractivity (Wildman–Crippen MR) is 50.9 cm³/mol. The van der Waals surface area contributed by atoms with Gasteiger partial charge in [-0.2, -0.15) is 5.10 Å². The Hall–Kier alpha value is -1.85. The summed E-state index contributed by atoms with van der Waals surface area (Å²) in [6, 6.07) is 0.